The number of thiazole rings is 1. The molecule has 3 aromatic rings. The Morgan fingerprint density at radius 3 is 2.57 bits per heavy atom. The zero-order valence-electron chi connectivity index (χ0n) is 15.7. The molecular weight excluding hydrogens is 378 g/mol. The third kappa shape index (κ3) is 4.80. The summed E-state index contributed by atoms with van der Waals surface area (Å²) >= 11 is 1.41. The van der Waals surface area contributed by atoms with Gasteiger partial charge < -0.3 is 10.4 Å². The van der Waals surface area contributed by atoms with Crippen molar-refractivity contribution in [2.45, 2.75) is 33.1 Å². The Bertz CT molecular complexity index is 978. The number of aromatic carboxylic acids is 1. The van der Waals surface area contributed by atoms with Crippen LogP contribution in [0.25, 0.3) is 5.69 Å². The highest BCUT2D eigenvalue weighted by Crippen LogP contribution is 2.16. The summed E-state index contributed by atoms with van der Waals surface area (Å²) in [5.74, 6) is -1.03. The predicted molar refractivity (Wildman–Crippen MR) is 105 cm³/mol. The zero-order chi connectivity index (χ0) is 20.1. The number of benzene rings is 1. The van der Waals surface area contributed by atoms with Crippen molar-refractivity contribution in [3.8, 4) is 5.69 Å². The van der Waals surface area contributed by atoms with Crippen molar-refractivity contribution in [3.05, 3.63) is 57.3 Å². The number of nitrogens with zero attached hydrogens (tertiary/aromatic N) is 4. The number of hydrogen-bond acceptors (Lipinski definition) is 6. The van der Waals surface area contributed by atoms with Gasteiger partial charge in [-0.3, -0.25) is 4.79 Å². The largest absolute Gasteiger partial charge is 0.478 e. The SMILES string of the molecule is Cc1nc(C)c(C(=O)NCCCCc2cn(-c3ccc(C(=O)O)cc3)nn2)s1. The van der Waals surface area contributed by atoms with E-state index >= 15 is 0 Å². The molecule has 0 unspecified atom stereocenters. The van der Waals surface area contributed by atoms with Gasteiger partial charge in [0.15, 0.2) is 0 Å². The third-order valence-corrected chi connectivity index (χ3v) is 5.25. The minimum absolute atomic E-state index is 0.0705. The Balaban J connectivity index is 1.44. The van der Waals surface area contributed by atoms with Gasteiger partial charge in [-0.15, -0.1) is 16.4 Å². The number of carbonyl (C=O) groups is 2. The van der Waals surface area contributed by atoms with E-state index in [9.17, 15) is 9.59 Å². The van der Waals surface area contributed by atoms with Crippen molar-refractivity contribution < 1.29 is 14.7 Å². The van der Waals surface area contributed by atoms with Crippen molar-refractivity contribution in [1.82, 2.24) is 25.3 Å². The lowest BCUT2D eigenvalue weighted by molar-refractivity contribution is 0.0696. The van der Waals surface area contributed by atoms with Crippen LogP contribution in [0.2, 0.25) is 0 Å². The molecule has 0 aliphatic carbocycles. The fourth-order valence-corrected chi connectivity index (χ4v) is 3.59. The van der Waals surface area contributed by atoms with Gasteiger partial charge in [-0.1, -0.05) is 5.21 Å². The number of carboxylic acids is 1. The molecule has 0 radical (unpaired) electrons. The van der Waals surface area contributed by atoms with Crippen LogP contribution in [0.1, 0.15) is 49.3 Å². The fraction of sp³-hybridized carbons (Fsp3) is 0.316. The topological polar surface area (TPSA) is 110 Å². The van der Waals surface area contributed by atoms with E-state index in [0.29, 0.717) is 11.4 Å². The Hall–Kier alpha value is -3.07. The van der Waals surface area contributed by atoms with Crippen LogP contribution in [0, 0.1) is 13.8 Å². The maximum absolute atomic E-state index is 12.1. The van der Waals surface area contributed by atoms with Gasteiger partial charge >= 0.3 is 5.97 Å². The standard InChI is InChI=1S/C19H21N5O3S/c1-12-17(28-13(2)21-12)18(25)20-10-4-3-5-15-11-24(23-22-15)16-8-6-14(7-9-16)19(26)27/h6-9,11H,3-5,10H2,1-2H3,(H,20,25)(H,26,27). The van der Waals surface area contributed by atoms with Gasteiger partial charge in [-0.05, 0) is 57.4 Å². The van der Waals surface area contributed by atoms with Crippen LogP contribution in [0.4, 0.5) is 0 Å². The number of aryl methyl sites for hydroxylation is 3. The van der Waals surface area contributed by atoms with E-state index in [-0.39, 0.29) is 11.5 Å². The summed E-state index contributed by atoms with van der Waals surface area (Å²) in [6.45, 7) is 4.33. The van der Waals surface area contributed by atoms with Crippen molar-refractivity contribution >= 4 is 23.2 Å². The quantitative estimate of drug-likeness (QED) is 0.564. The van der Waals surface area contributed by atoms with Gasteiger partial charge in [0.25, 0.3) is 5.91 Å². The molecular formula is C19H21N5O3S. The predicted octanol–water partition coefficient (Wildman–Crippen LogP) is 2.79. The summed E-state index contributed by atoms with van der Waals surface area (Å²) in [4.78, 5) is 28.0. The molecule has 0 saturated heterocycles. The molecule has 0 aliphatic heterocycles. The van der Waals surface area contributed by atoms with Crippen LogP contribution in [0.3, 0.4) is 0 Å². The summed E-state index contributed by atoms with van der Waals surface area (Å²) in [6.07, 6.45) is 4.29. The first kappa shape index (κ1) is 19.7. The molecule has 0 fully saturated rings. The lowest BCUT2D eigenvalue weighted by Crippen LogP contribution is -2.24. The monoisotopic (exact) mass is 399 g/mol. The molecule has 2 heterocycles. The van der Waals surface area contributed by atoms with Crippen LogP contribution in [-0.2, 0) is 6.42 Å². The molecule has 2 aromatic heterocycles. The van der Waals surface area contributed by atoms with E-state index < -0.39 is 5.97 Å². The second-order valence-electron chi connectivity index (χ2n) is 6.37. The van der Waals surface area contributed by atoms with E-state index in [1.165, 1.54) is 23.5 Å². The highest BCUT2D eigenvalue weighted by molar-refractivity contribution is 7.13. The molecule has 3 rings (SSSR count). The highest BCUT2D eigenvalue weighted by atomic mass is 32.1. The van der Waals surface area contributed by atoms with Crippen LogP contribution >= 0.6 is 11.3 Å². The van der Waals surface area contributed by atoms with E-state index in [4.69, 9.17) is 5.11 Å². The molecule has 0 spiro atoms. The van der Waals surface area contributed by atoms with Crippen molar-refractivity contribution in [2.24, 2.45) is 0 Å². The molecule has 0 bridgehead atoms. The highest BCUT2D eigenvalue weighted by Gasteiger charge is 2.13. The van der Waals surface area contributed by atoms with Gasteiger partial charge in [0.2, 0.25) is 0 Å². The molecule has 1 aromatic carbocycles. The van der Waals surface area contributed by atoms with Gasteiger partial charge in [-0.2, -0.15) is 0 Å². The minimum atomic E-state index is -0.960. The number of carbonyl (C=O) groups excluding carboxylic acids is 1. The van der Waals surface area contributed by atoms with Gasteiger partial charge in [0, 0.05) is 6.54 Å². The lowest BCUT2D eigenvalue weighted by atomic mass is 10.2. The molecule has 28 heavy (non-hydrogen) atoms. The van der Waals surface area contributed by atoms with Gasteiger partial charge in [-0.25, -0.2) is 14.5 Å². The molecule has 0 aliphatic rings. The maximum Gasteiger partial charge on any atom is 0.335 e. The summed E-state index contributed by atoms with van der Waals surface area (Å²) in [7, 11) is 0. The number of unbranched alkanes of at least 4 members (excludes halogenated alkanes) is 1. The molecule has 0 atom stereocenters. The normalized spacial score (nSPS) is 10.8. The smallest absolute Gasteiger partial charge is 0.335 e. The van der Waals surface area contributed by atoms with E-state index in [2.05, 4.69) is 20.6 Å². The zero-order valence-corrected chi connectivity index (χ0v) is 16.5. The average Bonchev–Trinajstić information content (AvgIpc) is 3.27. The van der Waals surface area contributed by atoms with Crippen LogP contribution < -0.4 is 5.32 Å². The Kier molecular flexibility index (Phi) is 6.15. The second kappa shape index (κ2) is 8.75. The Morgan fingerprint density at radius 2 is 1.93 bits per heavy atom. The van der Waals surface area contributed by atoms with E-state index in [1.807, 2.05) is 20.0 Å². The first-order chi connectivity index (χ1) is 13.4. The van der Waals surface area contributed by atoms with Crippen LogP contribution in [-0.4, -0.2) is 43.5 Å². The first-order valence-electron chi connectivity index (χ1n) is 8.91. The number of amides is 1. The number of hydrogen-bond donors (Lipinski definition) is 2. The molecule has 1 amide bonds. The number of carboxylic acid groups (broad SMARTS) is 1. The molecule has 2 N–H and O–H groups in total. The second-order valence-corrected chi connectivity index (χ2v) is 7.57. The average molecular weight is 399 g/mol. The lowest BCUT2D eigenvalue weighted by Gasteiger charge is -2.03. The number of aromatic nitrogens is 4. The first-order valence-corrected chi connectivity index (χ1v) is 9.73. The molecule has 146 valence electrons. The maximum atomic E-state index is 12.1. The van der Waals surface area contributed by atoms with Crippen molar-refractivity contribution in [2.75, 3.05) is 6.54 Å². The molecule has 8 nitrogen and oxygen atoms in total. The summed E-state index contributed by atoms with van der Waals surface area (Å²) in [6, 6.07) is 6.46. The van der Waals surface area contributed by atoms with E-state index in [1.54, 1.807) is 16.8 Å². The molecule has 9 heteroatoms. The molecule has 0 saturated carbocycles. The van der Waals surface area contributed by atoms with Gasteiger partial charge in [0.1, 0.15) is 4.88 Å². The Labute approximate surface area is 166 Å². The Morgan fingerprint density at radius 1 is 1.18 bits per heavy atom. The third-order valence-electron chi connectivity index (χ3n) is 4.17. The number of nitrogens with one attached hydrogen (secondary N) is 1. The van der Waals surface area contributed by atoms with E-state index in [0.717, 1.165) is 41.3 Å². The summed E-state index contributed by atoms with van der Waals surface area (Å²) in [5.41, 5.74) is 2.61. The summed E-state index contributed by atoms with van der Waals surface area (Å²) in [5, 5.41) is 21.0. The summed E-state index contributed by atoms with van der Waals surface area (Å²) < 4.78 is 1.62. The van der Waals surface area contributed by atoms with Crippen molar-refractivity contribution in [1.29, 1.82) is 0 Å². The van der Waals surface area contributed by atoms with Gasteiger partial charge in [0.05, 0.1) is 33.8 Å². The van der Waals surface area contributed by atoms with Crippen molar-refractivity contribution in [3.63, 3.8) is 0 Å². The number of rotatable bonds is 8. The fourth-order valence-electron chi connectivity index (χ4n) is 2.75. The van der Waals surface area contributed by atoms with Crippen LogP contribution in [0.15, 0.2) is 30.5 Å². The van der Waals surface area contributed by atoms with Crippen LogP contribution in [0.5, 0.6) is 0 Å². The minimum Gasteiger partial charge on any atom is -0.478 e.